The molecule has 1 fully saturated rings. The van der Waals surface area contributed by atoms with Crippen LogP contribution in [0.25, 0.3) is 10.9 Å². The van der Waals surface area contributed by atoms with Crippen LogP contribution in [0.3, 0.4) is 0 Å². The number of halogens is 1. The van der Waals surface area contributed by atoms with E-state index in [1.165, 1.54) is 16.8 Å². The molecule has 150 valence electrons. The third-order valence-electron chi connectivity index (χ3n) is 5.21. The molecule has 0 spiro atoms. The second kappa shape index (κ2) is 8.38. The number of anilines is 1. The molecular weight excluding hydrogens is 373 g/mol. The summed E-state index contributed by atoms with van der Waals surface area (Å²) >= 11 is 0. The number of carbonyl (C=O) groups is 1. The van der Waals surface area contributed by atoms with Crippen LogP contribution in [0.15, 0.2) is 53.3 Å². The van der Waals surface area contributed by atoms with Gasteiger partial charge in [-0.25, -0.2) is 9.07 Å². The minimum absolute atomic E-state index is 0.0746. The van der Waals surface area contributed by atoms with E-state index < -0.39 is 0 Å². The molecule has 0 unspecified atom stereocenters. The molecule has 0 radical (unpaired) electrons. The number of carbonyl (C=O) groups excluding carboxylic acids is 1. The molecule has 0 aliphatic carbocycles. The predicted octanol–water partition coefficient (Wildman–Crippen LogP) is 2.06. The first-order chi connectivity index (χ1) is 14.1. The van der Waals surface area contributed by atoms with Gasteiger partial charge in [-0.3, -0.25) is 9.59 Å². The van der Waals surface area contributed by atoms with Crippen LogP contribution < -0.4 is 10.5 Å². The Morgan fingerprint density at radius 3 is 2.48 bits per heavy atom. The van der Waals surface area contributed by atoms with Crippen molar-refractivity contribution in [2.24, 2.45) is 0 Å². The summed E-state index contributed by atoms with van der Waals surface area (Å²) in [6.07, 6.45) is 0.890. The molecule has 1 saturated heterocycles. The van der Waals surface area contributed by atoms with Crippen LogP contribution in [0.2, 0.25) is 0 Å². The van der Waals surface area contributed by atoms with Crippen LogP contribution in [0.4, 0.5) is 10.1 Å². The van der Waals surface area contributed by atoms with E-state index in [9.17, 15) is 14.0 Å². The normalized spacial score (nSPS) is 14.4. The zero-order valence-electron chi connectivity index (χ0n) is 16.0. The minimum Gasteiger partial charge on any atom is -0.368 e. The monoisotopic (exact) mass is 395 g/mol. The summed E-state index contributed by atoms with van der Waals surface area (Å²) in [5, 5.41) is 8.56. The lowest BCUT2D eigenvalue weighted by Crippen LogP contribution is -2.48. The zero-order chi connectivity index (χ0) is 20.2. The first-order valence-corrected chi connectivity index (χ1v) is 9.73. The molecule has 1 amide bonds. The van der Waals surface area contributed by atoms with E-state index in [0.29, 0.717) is 56.5 Å². The number of piperazine rings is 1. The smallest absolute Gasteiger partial charge is 0.277 e. The molecule has 0 N–H and O–H groups in total. The first kappa shape index (κ1) is 19.0. The van der Waals surface area contributed by atoms with Gasteiger partial charge in [-0.05, 0) is 42.8 Å². The number of hydrogen-bond acceptors (Lipinski definition) is 5. The van der Waals surface area contributed by atoms with Gasteiger partial charge in [-0.15, -0.1) is 5.10 Å². The molecular formula is C21H22FN5O2. The summed E-state index contributed by atoms with van der Waals surface area (Å²) in [6, 6.07) is 13.5. The first-order valence-electron chi connectivity index (χ1n) is 9.73. The maximum Gasteiger partial charge on any atom is 0.277 e. The molecule has 1 aromatic heterocycles. The van der Waals surface area contributed by atoms with Crippen molar-refractivity contribution in [3.05, 3.63) is 64.7 Å². The largest absolute Gasteiger partial charge is 0.368 e. The summed E-state index contributed by atoms with van der Waals surface area (Å²) in [6.45, 7) is 3.05. The molecule has 0 atom stereocenters. The number of amides is 1. The number of fused-ring (bicyclic) bond motifs is 1. The minimum atomic E-state index is -0.252. The Labute approximate surface area is 167 Å². The fourth-order valence-electron chi connectivity index (χ4n) is 3.57. The van der Waals surface area contributed by atoms with Gasteiger partial charge in [0, 0.05) is 44.8 Å². The number of rotatable bonds is 5. The van der Waals surface area contributed by atoms with Gasteiger partial charge >= 0.3 is 0 Å². The van der Waals surface area contributed by atoms with E-state index in [2.05, 4.69) is 15.2 Å². The number of aromatic nitrogens is 3. The maximum absolute atomic E-state index is 13.1. The van der Waals surface area contributed by atoms with Crippen molar-refractivity contribution in [3.63, 3.8) is 0 Å². The lowest BCUT2D eigenvalue weighted by atomic mass is 10.2. The fraction of sp³-hybridized carbons (Fsp3) is 0.333. The summed E-state index contributed by atoms with van der Waals surface area (Å²) in [5.74, 6) is -0.177. The Hall–Kier alpha value is -3.29. The summed E-state index contributed by atoms with van der Waals surface area (Å²) in [5.41, 5.74) is 1.35. The lowest BCUT2D eigenvalue weighted by Gasteiger charge is -2.36. The van der Waals surface area contributed by atoms with Crippen LogP contribution in [0, 0.1) is 5.82 Å². The van der Waals surface area contributed by atoms with E-state index in [1.54, 1.807) is 30.3 Å². The molecule has 2 heterocycles. The highest BCUT2D eigenvalue weighted by molar-refractivity contribution is 5.77. The van der Waals surface area contributed by atoms with Crippen molar-refractivity contribution in [2.45, 2.75) is 19.4 Å². The Bertz CT molecular complexity index is 1060. The van der Waals surface area contributed by atoms with Crippen LogP contribution in [-0.2, 0) is 11.3 Å². The fourth-order valence-corrected chi connectivity index (χ4v) is 3.57. The van der Waals surface area contributed by atoms with Gasteiger partial charge in [-0.1, -0.05) is 17.3 Å². The van der Waals surface area contributed by atoms with Crippen molar-refractivity contribution in [1.82, 2.24) is 19.9 Å². The average molecular weight is 395 g/mol. The highest BCUT2D eigenvalue weighted by Crippen LogP contribution is 2.17. The van der Waals surface area contributed by atoms with Crippen molar-refractivity contribution in [3.8, 4) is 0 Å². The quantitative estimate of drug-likeness (QED) is 0.661. The summed E-state index contributed by atoms with van der Waals surface area (Å²) in [7, 11) is 0. The standard InChI is InChI=1S/C21H22FN5O2/c22-16-7-9-17(10-8-16)25-12-14-26(15-13-25)20(28)6-3-11-27-21(29)18-4-1-2-5-19(18)23-24-27/h1-2,4-5,7-10H,3,6,11-15H2. The molecule has 29 heavy (non-hydrogen) atoms. The van der Waals surface area contributed by atoms with Crippen LogP contribution in [0.5, 0.6) is 0 Å². The Balaban J connectivity index is 1.28. The van der Waals surface area contributed by atoms with Crippen LogP contribution in [0.1, 0.15) is 12.8 Å². The highest BCUT2D eigenvalue weighted by atomic mass is 19.1. The Kier molecular flexibility index (Phi) is 5.50. The third-order valence-corrected chi connectivity index (χ3v) is 5.21. The van der Waals surface area contributed by atoms with Gasteiger partial charge in [0.2, 0.25) is 5.91 Å². The highest BCUT2D eigenvalue weighted by Gasteiger charge is 2.21. The molecule has 1 aliphatic rings. The second-order valence-electron chi connectivity index (χ2n) is 7.08. The Morgan fingerprint density at radius 2 is 1.72 bits per heavy atom. The van der Waals surface area contributed by atoms with Gasteiger partial charge in [0.25, 0.3) is 5.56 Å². The van der Waals surface area contributed by atoms with E-state index in [-0.39, 0.29) is 17.3 Å². The van der Waals surface area contributed by atoms with Gasteiger partial charge in [0.1, 0.15) is 11.3 Å². The Morgan fingerprint density at radius 1 is 1.00 bits per heavy atom. The topological polar surface area (TPSA) is 71.3 Å². The molecule has 2 aromatic carbocycles. The number of nitrogens with zero attached hydrogens (tertiary/aromatic N) is 5. The molecule has 7 nitrogen and oxygen atoms in total. The maximum atomic E-state index is 13.1. The van der Waals surface area contributed by atoms with Crippen molar-refractivity contribution < 1.29 is 9.18 Å². The van der Waals surface area contributed by atoms with Crippen molar-refractivity contribution in [1.29, 1.82) is 0 Å². The zero-order valence-corrected chi connectivity index (χ0v) is 16.0. The molecule has 4 rings (SSSR count). The third kappa shape index (κ3) is 4.26. The van der Waals surface area contributed by atoms with Crippen molar-refractivity contribution >= 4 is 22.5 Å². The van der Waals surface area contributed by atoms with Crippen LogP contribution in [-0.4, -0.2) is 52.0 Å². The molecule has 0 saturated carbocycles. The second-order valence-corrected chi connectivity index (χ2v) is 7.08. The summed E-state index contributed by atoms with van der Waals surface area (Å²) in [4.78, 5) is 28.9. The lowest BCUT2D eigenvalue weighted by molar-refractivity contribution is -0.131. The van der Waals surface area contributed by atoms with E-state index in [0.717, 1.165) is 5.69 Å². The summed E-state index contributed by atoms with van der Waals surface area (Å²) < 4.78 is 14.4. The average Bonchev–Trinajstić information content (AvgIpc) is 2.76. The van der Waals surface area contributed by atoms with Crippen molar-refractivity contribution in [2.75, 3.05) is 31.1 Å². The molecule has 3 aromatic rings. The number of hydrogen-bond donors (Lipinski definition) is 0. The van der Waals surface area contributed by atoms with Gasteiger partial charge < -0.3 is 9.80 Å². The molecule has 8 heteroatoms. The molecule has 1 aliphatic heterocycles. The van der Waals surface area contributed by atoms with Gasteiger partial charge in [0.05, 0.1) is 5.39 Å². The SMILES string of the molecule is O=C(CCCn1nnc2ccccc2c1=O)N1CCN(c2ccc(F)cc2)CC1. The van der Waals surface area contributed by atoms with Gasteiger partial charge in [0.15, 0.2) is 0 Å². The molecule has 0 bridgehead atoms. The van der Waals surface area contributed by atoms with E-state index >= 15 is 0 Å². The van der Waals surface area contributed by atoms with E-state index in [4.69, 9.17) is 0 Å². The number of benzene rings is 2. The predicted molar refractivity (Wildman–Crippen MR) is 108 cm³/mol. The van der Waals surface area contributed by atoms with Gasteiger partial charge in [-0.2, -0.15) is 0 Å². The van der Waals surface area contributed by atoms with E-state index in [1.807, 2.05) is 11.0 Å². The van der Waals surface area contributed by atoms with Crippen LogP contribution >= 0.6 is 0 Å². The number of aryl methyl sites for hydroxylation is 1.